The van der Waals surface area contributed by atoms with Crippen molar-refractivity contribution in [2.24, 2.45) is 0 Å². The number of thiocarbonyl (C=S) groups is 1. The highest BCUT2D eigenvalue weighted by molar-refractivity contribution is 8.26. The molecule has 1 heterocycles. The van der Waals surface area contributed by atoms with Gasteiger partial charge >= 0.3 is 10.1 Å². The number of ether oxygens (including phenoxy) is 1. The molecular formula is C20H17NO5S3. The van der Waals surface area contributed by atoms with Crippen molar-refractivity contribution in [1.29, 1.82) is 0 Å². The van der Waals surface area contributed by atoms with Gasteiger partial charge in [0.05, 0.1) is 12.0 Å². The van der Waals surface area contributed by atoms with Crippen molar-refractivity contribution in [2.45, 2.75) is 4.90 Å². The van der Waals surface area contributed by atoms with Crippen molar-refractivity contribution < 1.29 is 22.1 Å². The number of thioether (sulfide) groups is 1. The Labute approximate surface area is 178 Å². The van der Waals surface area contributed by atoms with E-state index in [9.17, 15) is 13.2 Å². The molecule has 0 atom stereocenters. The largest absolute Gasteiger partial charge is 0.497 e. The number of hydrogen-bond acceptors (Lipinski definition) is 7. The standard InChI is InChI=1S/C20H17NO5S3/c1-3-12-21-19(22)18(28-20(21)27)13-14-4-6-16(7-5-14)26-29(23,24)17-10-8-15(25-2)9-11-17/h3-11,13H,1,12H2,2H3. The second kappa shape index (κ2) is 8.81. The highest BCUT2D eigenvalue weighted by Crippen LogP contribution is 2.32. The van der Waals surface area contributed by atoms with Crippen LogP contribution in [0.25, 0.3) is 6.08 Å². The number of nitrogens with zero attached hydrogens (tertiary/aromatic N) is 1. The zero-order valence-corrected chi connectivity index (χ0v) is 17.9. The summed E-state index contributed by atoms with van der Waals surface area (Å²) in [5, 5.41) is 0. The smallest absolute Gasteiger partial charge is 0.339 e. The molecule has 0 N–H and O–H groups in total. The minimum atomic E-state index is -3.97. The summed E-state index contributed by atoms with van der Waals surface area (Å²) in [6.45, 7) is 3.98. The van der Waals surface area contributed by atoms with Crippen molar-refractivity contribution in [3.8, 4) is 11.5 Å². The third kappa shape index (κ3) is 4.87. The molecule has 1 fully saturated rings. The molecule has 1 aliphatic rings. The maximum absolute atomic E-state index is 12.4. The fourth-order valence-corrected chi connectivity index (χ4v) is 4.68. The first-order chi connectivity index (χ1) is 13.8. The summed E-state index contributed by atoms with van der Waals surface area (Å²) in [5.74, 6) is 0.534. The molecular weight excluding hydrogens is 430 g/mol. The molecule has 6 nitrogen and oxygen atoms in total. The number of carbonyl (C=O) groups excluding carboxylic acids is 1. The highest BCUT2D eigenvalue weighted by Gasteiger charge is 2.30. The van der Waals surface area contributed by atoms with Gasteiger partial charge in [-0.05, 0) is 48.0 Å². The van der Waals surface area contributed by atoms with Crippen molar-refractivity contribution in [3.63, 3.8) is 0 Å². The Morgan fingerprint density at radius 3 is 2.31 bits per heavy atom. The molecule has 2 aromatic carbocycles. The van der Waals surface area contributed by atoms with E-state index in [0.717, 1.165) is 5.56 Å². The van der Waals surface area contributed by atoms with E-state index >= 15 is 0 Å². The lowest BCUT2D eigenvalue weighted by atomic mass is 10.2. The highest BCUT2D eigenvalue weighted by atomic mass is 32.2. The molecule has 1 aliphatic heterocycles. The molecule has 0 bridgehead atoms. The predicted molar refractivity (Wildman–Crippen MR) is 117 cm³/mol. The van der Waals surface area contributed by atoms with Gasteiger partial charge < -0.3 is 8.92 Å². The molecule has 1 saturated heterocycles. The van der Waals surface area contributed by atoms with Gasteiger partial charge in [0.1, 0.15) is 20.7 Å². The topological polar surface area (TPSA) is 72.9 Å². The summed E-state index contributed by atoms with van der Waals surface area (Å²) in [5.41, 5.74) is 0.721. The number of hydrogen-bond donors (Lipinski definition) is 0. The van der Waals surface area contributed by atoms with E-state index in [4.69, 9.17) is 21.1 Å². The Morgan fingerprint density at radius 1 is 1.10 bits per heavy atom. The molecule has 150 valence electrons. The maximum Gasteiger partial charge on any atom is 0.339 e. The molecule has 9 heteroatoms. The van der Waals surface area contributed by atoms with Crippen molar-refractivity contribution in [2.75, 3.05) is 13.7 Å². The normalized spacial score (nSPS) is 15.6. The third-order valence-electron chi connectivity index (χ3n) is 3.92. The van der Waals surface area contributed by atoms with Crippen LogP contribution in [0.15, 0.2) is 71.0 Å². The van der Waals surface area contributed by atoms with E-state index in [1.54, 1.807) is 36.4 Å². The fourth-order valence-electron chi connectivity index (χ4n) is 2.47. The lowest BCUT2D eigenvalue weighted by molar-refractivity contribution is -0.121. The molecule has 0 spiro atoms. The van der Waals surface area contributed by atoms with Crippen LogP contribution >= 0.6 is 24.0 Å². The average Bonchev–Trinajstić information content (AvgIpc) is 2.97. The average molecular weight is 448 g/mol. The molecule has 0 unspecified atom stereocenters. The zero-order chi connectivity index (χ0) is 21.0. The summed E-state index contributed by atoms with van der Waals surface area (Å²) in [6, 6.07) is 12.3. The van der Waals surface area contributed by atoms with Gasteiger partial charge in [0.15, 0.2) is 0 Å². The minimum absolute atomic E-state index is 0.0215. The number of methoxy groups -OCH3 is 1. The van der Waals surface area contributed by atoms with Crippen LogP contribution in [0.4, 0.5) is 0 Å². The van der Waals surface area contributed by atoms with Crippen LogP contribution in [-0.4, -0.2) is 37.2 Å². The second-order valence-electron chi connectivity index (χ2n) is 5.86. The molecule has 1 amide bonds. The van der Waals surface area contributed by atoms with Crippen molar-refractivity contribution in [3.05, 3.63) is 71.7 Å². The Balaban J connectivity index is 1.74. The first kappa shape index (κ1) is 21.1. The number of carbonyl (C=O) groups is 1. The fraction of sp³-hybridized carbons (Fsp3) is 0.100. The van der Waals surface area contributed by atoms with Crippen molar-refractivity contribution >= 4 is 50.4 Å². The van der Waals surface area contributed by atoms with Gasteiger partial charge in [-0.1, -0.05) is 42.2 Å². The lowest BCUT2D eigenvalue weighted by Crippen LogP contribution is -2.27. The monoisotopic (exact) mass is 447 g/mol. The first-order valence-electron chi connectivity index (χ1n) is 8.39. The Kier molecular flexibility index (Phi) is 6.41. The summed E-state index contributed by atoms with van der Waals surface area (Å²) in [4.78, 5) is 14.3. The van der Waals surface area contributed by atoms with E-state index in [-0.39, 0.29) is 16.6 Å². The van der Waals surface area contributed by atoms with Gasteiger partial charge in [-0.3, -0.25) is 9.69 Å². The summed E-state index contributed by atoms with van der Waals surface area (Å²) in [7, 11) is -2.47. The third-order valence-corrected chi connectivity index (χ3v) is 6.56. The SMILES string of the molecule is C=CCN1C(=O)C(=Cc2ccc(OS(=O)(=O)c3ccc(OC)cc3)cc2)SC1=S. The Bertz CT molecular complexity index is 1070. The van der Waals surface area contributed by atoms with E-state index < -0.39 is 10.1 Å². The van der Waals surface area contributed by atoms with Crippen LogP contribution in [0.5, 0.6) is 11.5 Å². The van der Waals surface area contributed by atoms with Gasteiger partial charge in [0.2, 0.25) is 0 Å². The zero-order valence-electron chi connectivity index (χ0n) is 15.4. The van der Waals surface area contributed by atoms with E-state index in [1.165, 1.54) is 48.0 Å². The lowest BCUT2D eigenvalue weighted by Gasteiger charge is -2.10. The van der Waals surface area contributed by atoms with Crippen LogP contribution < -0.4 is 8.92 Å². The molecule has 0 aromatic heterocycles. The van der Waals surface area contributed by atoms with Gasteiger partial charge in [0.25, 0.3) is 5.91 Å². The van der Waals surface area contributed by atoms with Crippen LogP contribution in [0, 0.1) is 0 Å². The Morgan fingerprint density at radius 2 is 1.72 bits per heavy atom. The van der Waals surface area contributed by atoms with Crippen LogP contribution in [0.2, 0.25) is 0 Å². The van der Waals surface area contributed by atoms with E-state index in [1.807, 2.05) is 0 Å². The number of benzene rings is 2. The molecule has 0 saturated carbocycles. The maximum atomic E-state index is 12.4. The van der Waals surface area contributed by atoms with Crippen molar-refractivity contribution in [1.82, 2.24) is 4.90 Å². The van der Waals surface area contributed by atoms with E-state index in [0.29, 0.717) is 21.5 Å². The quantitative estimate of drug-likeness (QED) is 0.276. The summed E-state index contributed by atoms with van der Waals surface area (Å²) in [6.07, 6.45) is 3.31. The van der Waals surface area contributed by atoms with Gasteiger partial charge in [-0.15, -0.1) is 6.58 Å². The predicted octanol–water partition coefficient (Wildman–Crippen LogP) is 3.85. The Hall–Kier alpha value is -2.62. The summed E-state index contributed by atoms with van der Waals surface area (Å²) >= 11 is 6.42. The second-order valence-corrected chi connectivity index (χ2v) is 9.09. The van der Waals surface area contributed by atoms with Gasteiger partial charge in [-0.2, -0.15) is 8.42 Å². The van der Waals surface area contributed by atoms with Gasteiger partial charge in [-0.25, -0.2) is 0 Å². The molecule has 2 aromatic rings. The van der Waals surface area contributed by atoms with Gasteiger partial charge in [0, 0.05) is 6.54 Å². The number of rotatable bonds is 7. The molecule has 29 heavy (non-hydrogen) atoms. The number of amides is 1. The van der Waals surface area contributed by atoms with E-state index in [2.05, 4.69) is 6.58 Å². The molecule has 0 radical (unpaired) electrons. The van der Waals surface area contributed by atoms with Crippen LogP contribution in [-0.2, 0) is 14.9 Å². The minimum Gasteiger partial charge on any atom is -0.497 e. The first-order valence-corrected chi connectivity index (χ1v) is 11.0. The van der Waals surface area contributed by atoms with Crippen LogP contribution in [0.1, 0.15) is 5.56 Å². The molecule has 3 rings (SSSR count). The summed E-state index contributed by atoms with van der Waals surface area (Å²) < 4.78 is 35.5. The van der Waals surface area contributed by atoms with Crippen LogP contribution in [0.3, 0.4) is 0 Å². The molecule has 0 aliphatic carbocycles.